The van der Waals surface area contributed by atoms with Gasteiger partial charge < -0.3 is 14.6 Å². The lowest BCUT2D eigenvalue weighted by Gasteiger charge is -2.37. The van der Waals surface area contributed by atoms with Crippen molar-refractivity contribution in [1.29, 1.82) is 0 Å². The van der Waals surface area contributed by atoms with Crippen molar-refractivity contribution >= 4 is 5.82 Å². The predicted octanol–water partition coefficient (Wildman–Crippen LogP) is 2.88. The van der Waals surface area contributed by atoms with Gasteiger partial charge in [-0.1, -0.05) is 11.6 Å². The zero-order valence-corrected chi connectivity index (χ0v) is 14.6. The van der Waals surface area contributed by atoms with Crippen LogP contribution in [0.2, 0.25) is 0 Å². The molecule has 1 N–H and O–H groups in total. The summed E-state index contributed by atoms with van der Waals surface area (Å²) in [5.41, 5.74) is 0.863. The topological polar surface area (TPSA) is 76.3 Å². The Hall–Kier alpha value is -1.99. The van der Waals surface area contributed by atoms with Crippen LogP contribution in [-0.2, 0) is 4.74 Å². The number of nitrogens with one attached hydrogen (secondary N) is 1. The highest BCUT2D eigenvalue weighted by molar-refractivity contribution is 5.69. The Kier molecular flexibility index (Phi) is 4.94. The SMILES string of the molecule is COCCNc1ncccc1-c1noc([C@H]2CCCN2C2CCC2)n1. The molecular formula is C18H25N5O2. The highest BCUT2D eigenvalue weighted by Crippen LogP contribution is 2.39. The van der Waals surface area contributed by atoms with Crippen LogP contribution < -0.4 is 5.32 Å². The van der Waals surface area contributed by atoms with Crippen LogP contribution in [0.15, 0.2) is 22.9 Å². The third kappa shape index (κ3) is 3.39. The van der Waals surface area contributed by atoms with E-state index < -0.39 is 0 Å². The van der Waals surface area contributed by atoms with Crippen molar-refractivity contribution in [2.75, 3.05) is 32.1 Å². The Labute approximate surface area is 147 Å². The average molecular weight is 343 g/mol. The molecule has 0 radical (unpaired) electrons. The molecule has 1 aliphatic heterocycles. The Morgan fingerprint density at radius 3 is 3.04 bits per heavy atom. The molecule has 1 saturated carbocycles. The Bertz CT molecular complexity index is 700. The molecule has 2 aromatic rings. The summed E-state index contributed by atoms with van der Waals surface area (Å²) in [6, 6.07) is 4.83. The van der Waals surface area contributed by atoms with Gasteiger partial charge >= 0.3 is 0 Å². The monoisotopic (exact) mass is 343 g/mol. The molecule has 2 aromatic heterocycles. The number of ether oxygens (including phenoxy) is 1. The fraction of sp³-hybridized carbons (Fsp3) is 0.611. The van der Waals surface area contributed by atoms with Gasteiger partial charge in [-0.3, -0.25) is 4.90 Å². The maximum atomic E-state index is 5.65. The third-order valence-corrected chi connectivity index (χ3v) is 5.21. The van der Waals surface area contributed by atoms with E-state index in [1.165, 1.54) is 25.7 Å². The molecule has 0 aromatic carbocycles. The molecule has 0 spiro atoms. The quantitative estimate of drug-likeness (QED) is 0.775. The van der Waals surface area contributed by atoms with Crippen LogP contribution in [0, 0.1) is 0 Å². The largest absolute Gasteiger partial charge is 0.383 e. The molecule has 0 unspecified atom stereocenters. The second-order valence-corrected chi connectivity index (χ2v) is 6.76. The second kappa shape index (κ2) is 7.49. The van der Waals surface area contributed by atoms with E-state index in [-0.39, 0.29) is 6.04 Å². The molecule has 1 saturated heterocycles. The van der Waals surface area contributed by atoms with Crippen LogP contribution in [-0.4, -0.2) is 52.9 Å². The van der Waals surface area contributed by atoms with Crippen LogP contribution in [0.5, 0.6) is 0 Å². The Balaban J connectivity index is 1.53. The number of anilines is 1. The van der Waals surface area contributed by atoms with Crippen molar-refractivity contribution in [2.45, 2.75) is 44.2 Å². The molecule has 134 valence electrons. The fourth-order valence-corrected chi connectivity index (χ4v) is 3.69. The lowest BCUT2D eigenvalue weighted by Crippen LogP contribution is -2.39. The number of hydrogen-bond donors (Lipinski definition) is 1. The van der Waals surface area contributed by atoms with Crippen LogP contribution in [0.3, 0.4) is 0 Å². The van der Waals surface area contributed by atoms with Gasteiger partial charge in [0.2, 0.25) is 11.7 Å². The summed E-state index contributed by atoms with van der Waals surface area (Å²) in [4.78, 5) is 11.7. The van der Waals surface area contributed by atoms with Gasteiger partial charge in [-0.15, -0.1) is 0 Å². The molecule has 25 heavy (non-hydrogen) atoms. The van der Waals surface area contributed by atoms with E-state index >= 15 is 0 Å². The number of likely N-dealkylation sites (tertiary alicyclic amines) is 1. The predicted molar refractivity (Wildman–Crippen MR) is 94.2 cm³/mol. The number of pyridine rings is 1. The van der Waals surface area contributed by atoms with Gasteiger partial charge in [-0.25, -0.2) is 4.98 Å². The van der Waals surface area contributed by atoms with Gasteiger partial charge in [-0.05, 0) is 44.4 Å². The standard InChI is InChI=1S/C18H25N5O2/c1-24-12-10-20-16-14(7-3-9-19-16)17-21-18(25-22-17)15-8-4-11-23(15)13-5-2-6-13/h3,7,9,13,15H,2,4-6,8,10-12H2,1H3,(H,19,20)/t15-/m1/s1. The Morgan fingerprint density at radius 1 is 1.32 bits per heavy atom. The molecule has 7 nitrogen and oxygen atoms in total. The first-order chi connectivity index (χ1) is 12.4. The first-order valence-corrected chi connectivity index (χ1v) is 9.14. The maximum absolute atomic E-state index is 5.65. The highest BCUT2D eigenvalue weighted by Gasteiger charge is 2.37. The van der Waals surface area contributed by atoms with E-state index in [0.717, 1.165) is 30.2 Å². The number of rotatable bonds is 7. The molecule has 1 atom stereocenters. The normalized spacial score (nSPS) is 21.4. The first kappa shape index (κ1) is 16.5. The van der Waals surface area contributed by atoms with E-state index in [1.807, 2.05) is 12.1 Å². The van der Waals surface area contributed by atoms with Crippen molar-refractivity contribution in [3.8, 4) is 11.4 Å². The van der Waals surface area contributed by atoms with Crippen molar-refractivity contribution in [2.24, 2.45) is 0 Å². The van der Waals surface area contributed by atoms with Crippen LogP contribution in [0.1, 0.15) is 44.0 Å². The molecular weight excluding hydrogens is 318 g/mol. The minimum Gasteiger partial charge on any atom is -0.383 e. The first-order valence-electron chi connectivity index (χ1n) is 9.14. The molecule has 0 amide bonds. The summed E-state index contributed by atoms with van der Waals surface area (Å²) in [5.74, 6) is 2.10. The van der Waals surface area contributed by atoms with Gasteiger partial charge in [-0.2, -0.15) is 4.98 Å². The molecule has 0 bridgehead atoms. The summed E-state index contributed by atoms with van der Waals surface area (Å²) in [6.07, 6.45) is 8.01. The zero-order valence-electron chi connectivity index (χ0n) is 14.6. The van der Waals surface area contributed by atoms with Gasteiger partial charge in [0.05, 0.1) is 18.2 Å². The number of nitrogens with zero attached hydrogens (tertiary/aromatic N) is 4. The summed E-state index contributed by atoms with van der Waals surface area (Å²) < 4.78 is 10.7. The van der Waals surface area contributed by atoms with E-state index in [2.05, 4.69) is 20.4 Å². The summed E-state index contributed by atoms with van der Waals surface area (Å²) in [6.45, 7) is 2.44. The van der Waals surface area contributed by atoms with Crippen LogP contribution in [0.25, 0.3) is 11.4 Å². The minimum absolute atomic E-state index is 0.271. The van der Waals surface area contributed by atoms with Gasteiger partial charge in [0.15, 0.2) is 0 Å². The summed E-state index contributed by atoms with van der Waals surface area (Å²) in [5, 5.41) is 7.50. The molecule has 7 heteroatoms. The second-order valence-electron chi connectivity index (χ2n) is 6.76. The lowest BCUT2D eigenvalue weighted by molar-refractivity contribution is 0.0966. The van der Waals surface area contributed by atoms with Crippen molar-refractivity contribution < 1.29 is 9.26 Å². The third-order valence-electron chi connectivity index (χ3n) is 5.21. The van der Waals surface area contributed by atoms with Gasteiger partial charge in [0, 0.05) is 25.9 Å². The maximum Gasteiger partial charge on any atom is 0.244 e. The van der Waals surface area contributed by atoms with Crippen LogP contribution in [0.4, 0.5) is 5.82 Å². The average Bonchev–Trinajstić information content (AvgIpc) is 3.23. The highest BCUT2D eigenvalue weighted by atomic mass is 16.5. The van der Waals surface area contributed by atoms with Crippen LogP contribution >= 0.6 is 0 Å². The summed E-state index contributed by atoms with van der Waals surface area (Å²) >= 11 is 0. The number of methoxy groups -OCH3 is 1. The van der Waals surface area contributed by atoms with Gasteiger partial charge in [0.25, 0.3) is 0 Å². The van der Waals surface area contributed by atoms with Crippen molar-refractivity contribution in [3.63, 3.8) is 0 Å². The molecule has 2 aliphatic rings. The minimum atomic E-state index is 0.271. The number of hydrogen-bond acceptors (Lipinski definition) is 7. The smallest absolute Gasteiger partial charge is 0.244 e. The fourth-order valence-electron chi connectivity index (χ4n) is 3.69. The summed E-state index contributed by atoms with van der Waals surface area (Å²) in [7, 11) is 1.68. The Morgan fingerprint density at radius 2 is 2.24 bits per heavy atom. The molecule has 3 heterocycles. The molecule has 1 aliphatic carbocycles. The van der Waals surface area contributed by atoms with E-state index in [9.17, 15) is 0 Å². The van der Waals surface area contributed by atoms with E-state index in [0.29, 0.717) is 25.0 Å². The van der Waals surface area contributed by atoms with Crippen molar-refractivity contribution in [1.82, 2.24) is 20.0 Å². The van der Waals surface area contributed by atoms with E-state index in [4.69, 9.17) is 14.2 Å². The molecule has 2 fully saturated rings. The zero-order chi connectivity index (χ0) is 17.1. The van der Waals surface area contributed by atoms with Crippen molar-refractivity contribution in [3.05, 3.63) is 24.2 Å². The molecule has 4 rings (SSSR count). The number of aromatic nitrogens is 3. The van der Waals surface area contributed by atoms with Gasteiger partial charge in [0.1, 0.15) is 5.82 Å². The van der Waals surface area contributed by atoms with E-state index in [1.54, 1.807) is 13.3 Å². The lowest BCUT2D eigenvalue weighted by atomic mass is 9.91.